The lowest BCUT2D eigenvalue weighted by Gasteiger charge is -2.34. The van der Waals surface area contributed by atoms with E-state index >= 15 is 0 Å². The number of rotatable bonds is 3. The van der Waals surface area contributed by atoms with Crippen molar-refractivity contribution in [2.75, 3.05) is 26.2 Å². The van der Waals surface area contributed by atoms with Crippen LogP contribution in [0, 0.1) is 11.3 Å². The summed E-state index contributed by atoms with van der Waals surface area (Å²) in [6.45, 7) is 3.56. The summed E-state index contributed by atoms with van der Waals surface area (Å²) >= 11 is 5.98. The van der Waals surface area contributed by atoms with E-state index in [9.17, 15) is 5.11 Å². The molecular formula is C13H18Cl3N3O. The highest BCUT2D eigenvalue weighted by atomic mass is 35.5. The quantitative estimate of drug-likeness (QED) is 0.889. The normalized spacial score (nSPS) is 16.4. The van der Waals surface area contributed by atoms with Crippen LogP contribution in [-0.4, -0.2) is 36.2 Å². The van der Waals surface area contributed by atoms with Gasteiger partial charge in [-0.2, -0.15) is 5.26 Å². The molecule has 0 unspecified atom stereocenters. The Kier molecular flexibility index (Phi) is 8.95. The predicted molar refractivity (Wildman–Crippen MR) is 85.0 cm³/mol. The average Bonchev–Trinajstić information content (AvgIpc) is 2.40. The maximum Gasteiger partial charge on any atom is 0.120 e. The van der Waals surface area contributed by atoms with Gasteiger partial charge in [0.1, 0.15) is 5.75 Å². The van der Waals surface area contributed by atoms with Gasteiger partial charge in [-0.3, -0.25) is 4.90 Å². The van der Waals surface area contributed by atoms with Crippen molar-refractivity contribution in [3.05, 3.63) is 28.8 Å². The minimum atomic E-state index is -0.0872. The van der Waals surface area contributed by atoms with Crippen molar-refractivity contribution in [3.63, 3.8) is 0 Å². The fraction of sp³-hybridized carbons (Fsp3) is 0.462. The largest absolute Gasteiger partial charge is 0.508 e. The second-order valence-corrected chi connectivity index (χ2v) is 4.80. The Balaban J connectivity index is 0.00000180. The van der Waals surface area contributed by atoms with Crippen LogP contribution in [0.1, 0.15) is 18.0 Å². The van der Waals surface area contributed by atoms with E-state index < -0.39 is 0 Å². The number of nitriles is 1. The van der Waals surface area contributed by atoms with Crippen LogP contribution in [0.25, 0.3) is 0 Å². The van der Waals surface area contributed by atoms with Crippen LogP contribution in [0.5, 0.6) is 5.75 Å². The molecule has 0 amide bonds. The summed E-state index contributed by atoms with van der Waals surface area (Å²) in [7, 11) is 0. The molecule has 1 aliphatic rings. The summed E-state index contributed by atoms with van der Waals surface area (Å²) in [4.78, 5) is 2.21. The number of phenolic OH excluding ortho intramolecular Hbond substituents is 1. The van der Waals surface area contributed by atoms with E-state index in [2.05, 4.69) is 16.3 Å². The molecule has 1 heterocycles. The van der Waals surface area contributed by atoms with Crippen LogP contribution in [0.4, 0.5) is 0 Å². The molecule has 1 saturated heterocycles. The van der Waals surface area contributed by atoms with E-state index in [0.29, 0.717) is 11.4 Å². The Morgan fingerprint density at radius 3 is 2.60 bits per heavy atom. The minimum absolute atomic E-state index is 0. The maximum atomic E-state index is 9.95. The van der Waals surface area contributed by atoms with Crippen molar-refractivity contribution < 1.29 is 5.11 Å². The topological polar surface area (TPSA) is 59.3 Å². The van der Waals surface area contributed by atoms with E-state index in [0.717, 1.165) is 31.7 Å². The molecule has 0 aromatic heterocycles. The number of halogens is 3. The van der Waals surface area contributed by atoms with Crippen molar-refractivity contribution in [2.45, 2.75) is 12.5 Å². The Morgan fingerprint density at radius 2 is 2.00 bits per heavy atom. The predicted octanol–water partition coefficient (Wildman–Crippen LogP) is 2.75. The van der Waals surface area contributed by atoms with Gasteiger partial charge in [-0.05, 0) is 18.2 Å². The molecule has 0 aliphatic carbocycles. The minimum Gasteiger partial charge on any atom is -0.508 e. The van der Waals surface area contributed by atoms with Gasteiger partial charge in [-0.25, -0.2) is 0 Å². The van der Waals surface area contributed by atoms with Crippen LogP contribution >= 0.6 is 36.4 Å². The van der Waals surface area contributed by atoms with Crippen LogP contribution < -0.4 is 5.32 Å². The summed E-state index contributed by atoms with van der Waals surface area (Å²) < 4.78 is 0. The fourth-order valence-corrected chi connectivity index (χ4v) is 2.49. The third-order valence-corrected chi connectivity index (χ3v) is 3.46. The SMILES string of the molecule is Cl.Cl.N#CC[C@H](c1cc(Cl)ccc1O)N1CCNCC1. The molecule has 1 aromatic rings. The maximum absolute atomic E-state index is 9.95. The number of benzene rings is 1. The molecule has 4 nitrogen and oxygen atoms in total. The molecule has 112 valence electrons. The van der Waals surface area contributed by atoms with Crippen molar-refractivity contribution in [2.24, 2.45) is 0 Å². The van der Waals surface area contributed by atoms with Crippen LogP contribution in [-0.2, 0) is 0 Å². The third kappa shape index (κ3) is 4.69. The molecule has 1 aromatic carbocycles. The first kappa shape index (κ1) is 19.3. The molecule has 0 bridgehead atoms. The molecule has 2 rings (SSSR count). The second kappa shape index (κ2) is 9.28. The zero-order valence-electron chi connectivity index (χ0n) is 10.9. The molecule has 0 radical (unpaired) electrons. The van der Waals surface area contributed by atoms with Crippen molar-refractivity contribution in [3.8, 4) is 11.8 Å². The van der Waals surface area contributed by atoms with E-state index in [1.807, 2.05) is 0 Å². The van der Waals surface area contributed by atoms with Crippen molar-refractivity contribution in [1.29, 1.82) is 5.26 Å². The van der Waals surface area contributed by atoms with E-state index in [1.165, 1.54) is 0 Å². The van der Waals surface area contributed by atoms with Gasteiger partial charge in [0.25, 0.3) is 0 Å². The third-order valence-electron chi connectivity index (χ3n) is 3.23. The van der Waals surface area contributed by atoms with E-state index in [1.54, 1.807) is 18.2 Å². The number of phenols is 1. The van der Waals surface area contributed by atoms with Crippen LogP contribution in [0.3, 0.4) is 0 Å². The molecule has 7 heteroatoms. The molecule has 1 fully saturated rings. The number of aromatic hydroxyl groups is 1. The van der Waals surface area contributed by atoms with Gasteiger partial charge >= 0.3 is 0 Å². The van der Waals surface area contributed by atoms with Crippen LogP contribution in [0.2, 0.25) is 5.02 Å². The standard InChI is InChI=1S/C13H16ClN3O.2ClH/c14-10-1-2-13(18)11(9-10)12(3-4-15)17-7-5-16-6-8-17;;/h1-2,9,12,16,18H,3,5-8H2;2*1H/t12-;;/m1../s1. The first-order chi connectivity index (χ1) is 8.72. The summed E-state index contributed by atoms with van der Waals surface area (Å²) in [6, 6.07) is 7.10. The molecule has 0 spiro atoms. The highest BCUT2D eigenvalue weighted by molar-refractivity contribution is 6.30. The van der Waals surface area contributed by atoms with Gasteiger partial charge in [-0.15, -0.1) is 24.8 Å². The second-order valence-electron chi connectivity index (χ2n) is 4.37. The van der Waals surface area contributed by atoms with Gasteiger partial charge < -0.3 is 10.4 Å². The molecule has 2 N–H and O–H groups in total. The van der Waals surface area contributed by atoms with Gasteiger partial charge in [0.05, 0.1) is 18.5 Å². The summed E-state index contributed by atoms with van der Waals surface area (Å²) in [6.07, 6.45) is 0.355. The Bertz CT molecular complexity index is 459. The van der Waals surface area contributed by atoms with E-state index in [-0.39, 0.29) is 36.6 Å². The lowest BCUT2D eigenvalue weighted by molar-refractivity contribution is 0.173. The molecule has 1 atom stereocenters. The fourth-order valence-electron chi connectivity index (χ4n) is 2.31. The highest BCUT2D eigenvalue weighted by Crippen LogP contribution is 2.33. The lowest BCUT2D eigenvalue weighted by atomic mass is 10.0. The van der Waals surface area contributed by atoms with Gasteiger partial charge in [0.2, 0.25) is 0 Å². The number of hydrogen-bond acceptors (Lipinski definition) is 4. The number of nitrogens with zero attached hydrogens (tertiary/aromatic N) is 2. The van der Waals surface area contributed by atoms with Crippen LogP contribution in [0.15, 0.2) is 18.2 Å². The lowest BCUT2D eigenvalue weighted by Crippen LogP contribution is -2.45. The molecule has 0 saturated carbocycles. The first-order valence-electron chi connectivity index (χ1n) is 6.02. The zero-order chi connectivity index (χ0) is 13.0. The number of nitrogens with one attached hydrogen (secondary N) is 1. The van der Waals surface area contributed by atoms with Crippen molar-refractivity contribution in [1.82, 2.24) is 10.2 Å². The summed E-state index contributed by atoms with van der Waals surface area (Å²) in [5, 5.41) is 22.8. The Hall–Kier alpha value is -0.700. The Morgan fingerprint density at radius 1 is 1.35 bits per heavy atom. The highest BCUT2D eigenvalue weighted by Gasteiger charge is 2.24. The Labute approximate surface area is 136 Å². The summed E-state index contributed by atoms with van der Waals surface area (Å²) in [5.74, 6) is 0.207. The van der Waals surface area contributed by atoms with E-state index in [4.69, 9.17) is 16.9 Å². The molecular weight excluding hydrogens is 321 g/mol. The van der Waals surface area contributed by atoms with Gasteiger partial charge in [-0.1, -0.05) is 11.6 Å². The number of hydrogen-bond donors (Lipinski definition) is 2. The zero-order valence-corrected chi connectivity index (χ0v) is 13.3. The van der Waals surface area contributed by atoms with Gasteiger partial charge in [0, 0.05) is 36.8 Å². The number of piperazine rings is 1. The smallest absolute Gasteiger partial charge is 0.120 e. The van der Waals surface area contributed by atoms with Gasteiger partial charge in [0.15, 0.2) is 0 Å². The molecule has 20 heavy (non-hydrogen) atoms. The first-order valence-corrected chi connectivity index (χ1v) is 6.40. The summed E-state index contributed by atoms with van der Waals surface area (Å²) in [5.41, 5.74) is 0.742. The average molecular weight is 339 g/mol. The monoisotopic (exact) mass is 337 g/mol. The molecule has 1 aliphatic heterocycles. The van der Waals surface area contributed by atoms with Crippen molar-refractivity contribution >= 4 is 36.4 Å².